The third-order valence-corrected chi connectivity index (χ3v) is 17.7. The van der Waals surface area contributed by atoms with Gasteiger partial charge in [-0.2, -0.15) is 10.4 Å². The van der Waals surface area contributed by atoms with Gasteiger partial charge in [-0.15, -0.1) is 9.20 Å². The van der Waals surface area contributed by atoms with Crippen LogP contribution in [-0.4, -0.2) is 150 Å². The molecule has 11 rings (SSSR count). The fourth-order valence-corrected chi connectivity index (χ4v) is 12.7. The lowest BCUT2D eigenvalue weighted by atomic mass is 9.82. The molecular formula is C63H77FN13O3+. The van der Waals surface area contributed by atoms with Crippen molar-refractivity contribution in [2.75, 3.05) is 101 Å². The number of fused-ring (bicyclic) bond motifs is 2. The van der Waals surface area contributed by atoms with Crippen LogP contribution >= 0.6 is 0 Å². The summed E-state index contributed by atoms with van der Waals surface area (Å²) in [4.78, 5) is 40.6. The van der Waals surface area contributed by atoms with Gasteiger partial charge in [-0.3, -0.25) is 0 Å². The number of piperidine rings is 2. The van der Waals surface area contributed by atoms with Crippen molar-refractivity contribution in [3.05, 3.63) is 138 Å². The number of methoxy groups -OCH3 is 1. The molecule has 3 aromatic carbocycles. The van der Waals surface area contributed by atoms with E-state index in [2.05, 4.69) is 152 Å². The van der Waals surface area contributed by atoms with Gasteiger partial charge >= 0.3 is 12.1 Å². The number of ether oxygens (including phenoxy) is 1. The van der Waals surface area contributed by atoms with Gasteiger partial charge in [0.2, 0.25) is 0 Å². The first kappa shape index (κ1) is 54.4. The number of nitrogens with zero attached hydrogens (tertiary/aromatic N) is 11. The standard InChI is InChI=1S/C63H76FN13O3/c1-44(2)69-24-18-49(19-25-69)47-11-13-48(14-12-47)51-38-60-58(72-31-35-74(36-32-72)62(79)68-56-10-8-7-9-55(56)64)20-26-75(77(60)43-51)41-46(5)67-61(78)73-33-29-71(30-34-73)57-17-23-66-76-42-52(39-59(57)76)54-16-15-53(37-50(54)40-65)63(80-6)21-27-70(28-22-63)45(3)4/h7-17,20,23,26,37-39,42-46,49H,18-19,21-22,24-25,27-36,41H2,1-6H3,(H-,67,68,78,79)/p+1. The van der Waals surface area contributed by atoms with Gasteiger partial charge in [-0.1, -0.05) is 48.5 Å². The molecule has 4 fully saturated rings. The number of benzene rings is 3. The zero-order chi connectivity index (χ0) is 55.7. The van der Waals surface area contributed by atoms with Gasteiger partial charge < -0.3 is 44.8 Å². The minimum Gasteiger partial charge on any atom is -0.373 e. The van der Waals surface area contributed by atoms with Crippen LogP contribution < -0.4 is 25.1 Å². The molecule has 0 spiro atoms. The second kappa shape index (κ2) is 23.3. The number of amides is 4. The second-order valence-electron chi connectivity index (χ2n) is 23.0. The topological polar surface area (TPSA) is 136 Å². The molecule has 0 aliphatic carbocycles. The fourth-order valence-electron chi connectivity index (χ4n) is 12.7. The molecule has 4 saturated heterocycles. The summed E-state index contributed by atoms with van der Waals surface area (Å²) >= 11 is 0. The minimum atomic E-state index is -0.461. The van der Waals surface area contributed by atoms with Crippen molar-refractivity contribution in [3.63, 3.8) is 0 Å². The molecule has 0 bridgehead atoms. The van der Waals surface area contributed by atoms with Gasteiger partial charge in [0.25, 0.3) is 0 Å². The number of halogens is 1. The van der Waals surface area contributed by atoms with E-state index in [9.17, 15) is 19.2 Å². The van der Waals surface area contributed by atoms with Crippen molar-refractivity contribution >= 4 is 40.2 Å². The zero-order valence-corrected chi connectivity index (χ0v) is 47.3. The number of urea groups is 2. The Balaban J connectivity index is 0.759. The summed E-state index contributed by atoms with van der Waals surface area (Å²) in [6.45, 7) is 20.4. The predicted octanol–water partition coefficient (Wildman–Crippen LogP) is 9.43. The average Bonchev–Trinajstić information content (AvgIpc) is 4.35. The Morgan fingerprint density at radius 2 is 1.36 bits per heavy atom. The van der Waals surface area contributed by atoms with Crippen molar-refractivity contribution in [1.82, 2.24) is 39.0 Å². The van der Waals surface area contributed by atoms with Crippen LogP contribution in [-0.2, 0) is 16.9 Å². The Bertz CT molecular complexity index is 3370. The van der Waals surface area contributed by atoms with E-state index in [4.69, 9.17) is 4.74 Å². The molecule has 4 aliphatic rings. The first-order valence-electron chi connectivity index (χ1n) is 28.8. The maximum Gasteiger partial charge on any atom is 0.322 e. The number of piperazine rings is 2. The molecule has 17 heteroatoms. The first-order chi connectivity index (χ1) is 38.8. The van der Waals surface area contributed by atoms with E-state index in [0.29, 0.717) is 82.5 Å². The van der Waals surface area contributed by atoms with Crippen LogP contribution in [0, 0.1) is 17.1 Å². The molecule has 4 aliphatic heterocycles. The molecule has 8 heterocycles. The van der Waals surface area contributed by atoms with Crippen LogP contribution in [0.15, 0.2) is 116 Å². The first-order valence-corrected chi connectivity index (χ1v) is 28.8. The van der Waals surface area contributed by atoms with E-state index in [1.807, 2.05) is 33.9 Å². The molecule has 1 unspecified atom stereocenters. The Labute approximate surface area is 469 Å². The lowest BCUT2D eigenvalue weighted by Crippen LogP contribution is -2.56. The SMILES string of the molecule is COC1(c2ccc(-c3cc4c(N5CCN(C(=O)NC(C)C[n+]6ccc(N7CCN(C(=O)Nc8ccccc8F)CC7)c7cc(-c8ccc(C9CCN(C(C)C)CC9)cc8)cn76)CC5)ccnn4c3)c(C#N)c2)CCN(C(C)C)CC1. The molecule has 4 aromatic heterocycles. The molecule has 0 saturated carbocycles. The van der Waals surface area contributed by atoms with Gasteiger partial charge in [0, 0.05) is 120 Å². The molecule has 4 amide bonds. The Hall–Kier alpha value is -7.52. The van der Waals surface area contributed by atoms with Crippen molar-refractivity contribution in [3.8, 4) is 28.3 Å². The average molecular weight is 1080 g/mol. The van der Waals surface area contributed by atoms with Crippen molar-refractivity contribution in [1.29, 1.82) is 5.26 Å². The van der Waals surface area contributed by atoms with Crippen LogP contribution in [0.4, 0.5) is 31.0 Å². The number of para-hydroxylation sites is 1. The number of hydrogen-bond acceptors (Lipinski definition) is 9. The van der Waals surface area contributed by atoms with Gasteiger partial charge in [-0.05, 0) is 132 Å². The summed E-state index contributed by atoms with van der Waals surface area (Å²) in [5, 5.41) is 21.2. The summed E-state index contributed by atoms with van der Waals surface area (Å²) in [7, 11) is 1.79. The zero-order valence-electron chi connectivity index (χ0n) is 47.3. The Kier molecular flexibility index (Phi) is 15.8. The molecule has 0 radical (unpaired) electrons. The maximum atomic E-state index is 14.4. The number of nitriles is 1. The summed E-state index contributed by atoms with van der Waals surface area (Å²) in [5.74, 6) is 0.0984. The fraction of sp³-hybridized carbons (Fsp3) is 0.444. The van der Waals surface area contributed by atoms with E-state index in [1.165, 1.54) is 24.5 Å². The normalized spacial score (nSPS) is 18.1. The van der Waals surface area contributed by atoms with Crippen molar-refractivity contribution in [2.45, 2.75) is 96.5 Å². The van der Waals surface area contributed by atoms with Crippen molar-refractivity contribution in [2.24, 2.45) is 0 Å². The van der Waals surface area contributed by atoms with Gasteiger partial charge in [0.1, 0.15) is 11.3 Å². The summed E-state index contributed by atoms with van der Waals surface area (Å²) in [5.41, 5.74) is 10.9. The molecule has 2 N–H and O–H groups in total. The van der Waals surface area contributed by atoms with Crippen LogP contribution in [0.3, 0.4) is 0 Å². The molecule has 7 aromatic rings. The van der Waals surface area contributed by atoms with Gasteiger partial charge in [-0.25, -0.2) is 18.5 Å². The number of carbonyl (C=O) groups is 2. The molecule has 80 heavy (non-hydrogen) atoms. The van der Waals surface area contributed by atoms with E-state index in [-0.39, 0.29) is 23.8 Å². The number of rotatable bonds is 13. The number of aromatic nitrogens is 4. The third kappa shape index (κ3) is 11.2. The van der Waals surface area contributed by atoms with Crippen LogP contribution in [0.5, 0.6) is 0 Å². The highest BCUT2D eigenvalue weighted by Gasteiger charge is 2.38. The largest absolute Gasteiger partial charge is 0.373 e. The number of nitrogens with one attached hydrogen (secondary N) is 2. The van der Waals surface area contributed by atoms with Crippen LogP contribution in [0.25, 0.3) is 33.3 Å². The quantitative estimate of drug-likeness (QED) is 0.108. The van der Waals surface area contributed by atoms with Crippen molar-refractivity contribution < 1.29 is 23.4 Å². The van der Waals surface area contributed by atoms with Crippen LogP contribution in [0.1, 0.15) is 82.9 Å². The van der Waals surface area contributed by atoms with Gasteiger partial charge in [0.15, 0.2) is 12.7 Å². The third-order valence-electron chi connectivity index (χ3n) is 17.7. The monoisotopic (exact) mass is 1080 g/mol. The van der Waals surface area contributed by atoms with E-state index in [0.717, 1.165) is 89.2 Å². The molecular weight excluding hydrogens is 1010 g/mol. The highest BCUT2D eigenvalue weighted by Crippen LogP contribution is 2.40. The Morgan fingerprint density at radius 3 is 2.01 bits per heavy atom. The second-order valence-corrected chi connectivity index (χ2v) is 23.0. The van der Waals surface area contributed by atoms with E-state index < -0.39 is 11.4 Å². The summed E-state index contributed by atoms with van der Waals surface area (Å²) in [6, 6.07) is 33.1. The Morgan fingerprint density at radius 1 is 0.725 bits per heavy atom. The lowest BCUT2D eigenvalue weighted by Gasteiger charge is -2.42. The number of likely N-dealkylation sites (tertiary alicyclic amines) is 2. The summed E-state index contributed by atoms with van der Waals surface area (Å²) in [6.07, 6.45) is 12.2. The highest BCUT2D eigenvalue weighted by atomic mass is 19.1. The predicted molar refractivity (Wildman–Crippen MR) is 313 cm³/mol. The number of carbonyl (C=O) groups excluding carboxylic acids is 2. The minimum absolute atomic E-state index is 0.0938. The molecule has 16 nitrogen and oxygen atoms in total. The lowest BCUT2D eigenvalue weighted by molar-refractivity contribution is -0.764. The van der Waals surface area contributed by atoms with E-state index in [1.54, 1.807) is 30.2 Å². The van der Waals surface area contributed by atoms with Crippen LogP contribution in [0.2, 0.25) is 0 Å². The van der Waals surface area contributed by atoms with E-state index >= 15 is 0 Å². The van der Waals surface area contributed by atoms with Gasteiger partial charge in [0.05, 0.1) is 52.1 Å². The molecule has 1 atom stereocenters. The highest BCUT2D eigenvalue weighted by molar-refractivity contribution is 5.90. The smallest absolute Gasteiger partial charge is 0.322 e. The maximum absolute atomic E-state index is 14.4. The number of hydrogen-bond donors (Lipinski definition) is 2. The number of anilines is 3. The summed E-state index contributed by atoms with van der Waals surface area (Å²) < 4.78 is 26.9. The molecule has 418 valence electrons.